The van der Waals surface area contributed by atoms with E-state index in [9.17, 15) is 4.79 Å². The van der Waals surface area contributed by atoms with Crippen LogP contribution >= 0.6 is 0 Å². The third-order valence-corrected chi connectivity index (χ3v) is 5.18. The van der Waals surface area contributed by atoms with Crippen LogP contribution < -0.4 is 10.1 Å². The van der Waals surface area contributed by atoms with Crippen LogP contribution in [0.25, 0.3) is 17.1 Å². The molecular weight excluding hydrogens is 424 g/mol. The minimum absolute atomic E-state index is 0.0879. The molecule has 0 aliphatic carbocycles. The van der Waals surface area contributed by atoms with Gasteiger partial charge in [-0.15, -0.1) is 5.10 Å². The number of aromatic nitrogens is 3. The number of carbonyl (C=O) groups is 1. The zero-order valence-electron chi connectivity index (χ0n) is 18.6. The SMILES string of the molecule is Cc1cccc(-c2nc(C(=O)Nc3ccc(Oc4ccccc4)cc3)nn2-c2ccccc2)c1. The fraction of sp³-hybridized carbons (Fsp3) is 0.0357. The summed E-state index contributed by atoms with van der Waals surface area (Å²) >= 11 is 0. The number of anilines is 1. The van der Waals surface area contributed by atoms with Crippen molar-refractivity contribution in [1.29, 1.82) is 0 Å². The lowest BCUT2D eigenvalue weighted by molar-refractivity contribution is 0.101. The Morgan fingerprint density at radius 2 is 1.47 bits per heavy atom. The molecule has 166 valence electrons. The van der Waals surface area contributed by atoms with Crippen LogP contribution in [0.5, 0.6) is 11.5 Å². The summed E-state index contributed by atoms with van der Waals surface area (Å²) in [6.07, 6.45) is 0. The Morgan fingerprint density at radius 1 is 0.794 bits per heavy atom. The van der Waals surface area contributed by atoms with E-state index in [1.54, 1.807) is 28.9 Å². The van der Waals surface area contributed by atoms with Gasteiger partial charge in [-0.1, -0.05) is 60.2 Å². The van der Waals surface area contributed by atoms with Crippen molar-refractivity contribution in [3.8, 4) is 28.6 Å². The van der Waals surface area contributed by atoms with Crippen molar-refractivity contribution in [1.82, 2.24) is 14.8 Å². The number of hydrogen-bond acceptors (Lipinski definition) is 4. The number of carbonyl (C=O) groups excluding carboxylic acids is 1. The van der Waals surface area contributed by atoms with Crippen LogP contribution in [0.1, 0.15) is 16.2 Å². The number of hydrogen-bond donors (Lipinski definition) is 1. The number of nitrogens with one attached hydrogen (secondary N) is 1. The second kappa shape index (κ2) is 9.42. The molecule has 6 nitrogen and oxygen atoms in total. The Balaban J connectivity index is 1.39. The predicted octanol–water partition coefficient (Wildman–Crippen LogP) is 6.29. The lowest BCUT2D eigenvalue weighted by Crippen LogP contribution is -2.14. The molecule has 4 aromatic carbocycles. The largest absolute Gasteiger partial charge is 0.457 e. The number of aryl methyl sites for hydroxylation is 1. The zero-order chi connectivity index (χ0) is 23.3. The molecule has 0 bridgehead atoms. The van der Waals surface area contributed by atoms with E-state index in [0.717, 1.165) is 22.6 Å². The van der Waals surface area contributed by atoms with Gasteiger partial charge in [0.2, 0.25) is 5.82 Å². The fourth-order valence-electron chi connectivity index (χ4n) is 3.55. The highest BCUT2D eigenvalue weighted by molar-refractivity contribution is 6.01. The first kappa shape index (κ1) is 21.2. The maximum Gasteiger partial charge on any atom is 0.295 e. The molecular formula is C28H22N4O2. The van der Waals surface area contributed by atoms with E-state index in [1.807, 2.05) is 91.9 Å². The molecule has 0 aliphatic heterocycles. The first-order valence-electron chi connectivity index (χ1n) is 10.9. The lowest BCUT2D eigenvalue weighted by atomic mass is 10.1. The maximum atomic E-state index is 13.0. The molecule has 0 atom stereocenters. The van der Waals surface area contributed by atoms with Crippen LogP contribution in [0, 0.1) is 6.92 Å². The molecule has 0 radical (unpaired) electrons. The van der Waals surface area contributed by atoms with Crippen LogP contribution in [0.15, 0.2) is 109 Å². The maximum absolute atomic E-state index is 13.0. The first-order valence-corrected chi connectivity index (χ1v) is 10.9. The summed E-state index contributed by atoms with van der Waals surface area (Å²) in [5, 5.41) is 7.40. The van der Waals surface area contributed by atoms with Crippen LogP contribution in [-0.4, -0.2) is 20.7 Å². The smallest absolute Gasteiger partial charge is 0.295 e. The molecule has 0 unspecified atom stereocenters. The third-order valence-electron chi connectivity index (χ3n) is 5.18. The molecule has 5 rings (SSSR count). The van der Waals surface area contributed by atoms with Crippen molar-refractivity contribution in [2.75, 3.05) is 5.32 Å². The molecule has 0 aliphatic rings. The van der Waals surface area contributed by atoms with Gasteiger partial charge in [0.15, 0.2) is 5.82 Å². The van der Waals surface area contributed by atoms with Gasteiger partial charge >= 0.3 is 0 Å². The Bertz CT molecular complexity index is 1410. The van der Waals surface area contributed by atoms with E-state index >= 15 is 0 Å². The summed E-state index contributed by atoms with van der Waals surface area (Å²) in [4.78, 5) is 17.6. The summed E-state index contributed by atoms with van der Waals surface area (Å²) in [6, 6.07) is 34.3. The van der Waals surface area contributed by atoms with Crippen LogP contribution in [0.2, 0.25) is 0 Å². The molecule has 34 heavy (non-hydrogen) atoms. The number of benzene rings is 4. The van der Waals surface area contributed by atoms with Gasteiger partial charge < -0.3 is 10.1 Å². The van der Waals surface area contributed by atoms with E-state index in [-0.39, 0.29) is 11.7 Å². The van der Waals surface area contributed by atoms with Gasteiger partial charge in [-0.2, -0.15) is 0 Å². The number of ether oxygens (including phenoxy) is 1. The van der Waals surface area contributed by atoms with Crippen molar-refractivity contribution >= 4 is 11.6 Å². The van der Waals surface area contributed by atoms with Gasteiger partial charge in [0.25, 0.3) is 5.91 Å². The normalized spacial score (nSPS) is 10.6. The van der Waals surface area contributed by atoms with Crippen LogP contribution in [-0.2, 0) is 0 Å². The number of amides is 1. The monoisotopic (exact) mass is 446 g/mol. The first-order chi connectivity index (χ1) is 16.7. The summed E-state index contributed by atoms with van der Waals surface area (Å²) in [5.74, 6) is 1.73. The molecule has 1 amide bonds. The van der Waals surface area contributed by atoms with Crippen LogP contribution in [0.4, 0.5) is 5.69 Å². The summed E-state index contributed by atoms with van der Waals surface area (Å²) in [5.41, 5.74) is 3.44. The van der Waals surface area contributed by atoms with E-state index in [0.29, 0.717) is 17.3 Å². The van der Waals surface area contributed by atoms with E-state index in [4.69, 9.17) is 4.74 Å². The minimum atomic E-state index is -0.389. The summed E-state index contributed by atoms with van der Waals surface area (Å²) < 4.78 is 7.50. The van der Waals surface area contributed by atoms with Gasteiger partial charge in [-0.25, -0.2) is 9.67 Å². The van der Waals surface area contributed by atoms with Crippen LogP contribution in [0.3, 0.4) is 0 Å². The topological polar surface area (TPSA) is 69.0 Å². The number of para-hydroxylation sites is 2. The van der Waals surface area contributed by atoms with E-state index < -0.39 is 0 Å². The molecule has 0 spiro atoms. The van der Waals surface area contributed by atoms with Crippen molar-refractivity contribution in [3.05, 3.63) is 121 Å². The summed E-state index contributed by atoms with van der Waals surface area (Å²) in [6.45, 7) is 2.02. The Hall–Kier alpha value is -4.71. The molecule has 1 N–H and O–H groups in total. The van der Waals surface area contributed by atoms with Crippen molar-refractivity contribution < 1.29 is 9.53 Å². The number of nitrogens with zero attached hydrogens (tertiary/aromatic N) is 3. The Kier molecular flexibility index (Phi) is 5.86. The fourth-order valence-corrected chi connectivity index (χ4v) is 3.55. The second-order valence-electron chi connectivity index (χ2n) is 7.77. The second-order valence-corrected chi connectivity index (χ2v) is 7.77. The minimum Gasteiger partial charge on any atom is -0.457 e. The predicted molar refractivity (Wildman–Crippen MR) is 132 cm³/mol. The van der Waals surface area contributed by atoms with Gasteiger partial charge in [0.05, 0.1) is 5.69 Å². The summed E-state index contributed by atoms with van der Waals surface area (Å²) in [7, 11) is 0. The quantitative estimate of drug-likeness (QED) is 0.333. The highest BCUT2D eigenvalue weighted by atomic mass is 16.5. The molecule has 0 saturated heterocycles. The van der Waals surface area contributed by atoms with E-state index in [1.165, 1.54) is 0 Å². The molecule has 0 saturated carbocycles. The average Bonchev–Trinajstić information content (AvgIpc) is 3.32. The average molecular weight is 447 g/mol. The Labute approximate surface area is 197 Å². The molecule has 5 aromatic rings. The van der Waals surface area contributed by atoms with Gasteiger partial charge in [0.1, 0.15) is 11.5 Å². The van der Waals surface area contributed by atoms with E-state index in [2.05, 4.69) is 15.4 Å². The van der Waals surface area contributed by atoms with Crippen molar-refractivity contribution in [3.63, 3.8) is 0 Å². The van der Waals surface area contributed by atoms with Gasteiger partial charge in [-0.05, 0) is 61.5 Å². The molecule has 6 heteroatoms. The molecule has 1 heterocycles. The third kappa shape index (κ3) is 4.71. The number of rotatable bonds is 6. The Morgan fingerprint density at radius 3 is 2.18 bits per heavy atom. The van der Waals surface area contributed by atoms with Crippen molar-refractivity contribution in [2.45, 2.75) is 6.92 Å². The molecule has 0 fully saturated rings. The highest BCUT2D eigenvalue weighted by Gasteiger charge is 2.19. The molecule has 1 aromatic heterocycles. The standard InChI is InChI=1S/C28H22N4O2/c1-20-9-8-10-21(19-20)27-30-26(31-32(27)23-11-4-2-5-12-23)28(33)29-22-15-17-25(18-16-22)34-24-13-6-3-7-14-24/h2-19H,1H3,(H,29,33). The van der Waals surface area contributed by atoms with Gasteiger partial charge in [-0.3, -0.25) is 4.79 Å². The highest BCUT2D eigenvalue weighted by Crippen LogP contribution is 2.24. The van der Waals surface area contributed by atoms with Crippen molar-refractivity contribution in [2.24, 2.45) is 0 Å². The zero-order valence-corrected chi connectivity index (χ0v) is 18.6. The lowest BCUT2D eigenvalue weighted by Gasteiger charge is -2.07. The van der Waals surface area contributed by atoms with Gasteiger partial charge in [0, 0.05) is 11.3 Å².